The van der Waals surface area contributed by atoms with Crippen molar-refractivity contribution in [3.63, 3.8) is 0 Å². The van der Waals surface area contributed by atoms with E-state index < -0.39 is 0 Å². The molecule has 1 aliphatic rings. The van der Waals surface area contributed by atoms with E-state index in [2.05, 4.69) is 18.2 Å². The third-order valence-corrected chi connectivity index (χ3v) is 1.97. The summed E-state index contributed by atoms with van der Waals surface area (Å²) in [5.74, 6) is 0.662. The highest BCUT2D eigenvalue weighted by molar-refractivity contribution is 4.99. The quantitative estimate of drug-likeness (QED) is 0.602. The van der Waals surface area contributed by atoms with Crippen molar-refractivity contribution in [1.29, 1.82) is 0 Å². The van der Waals surface area contributed by atoms with E-state index >= 15 is 0 Å². The first-order chi connectivity index (χ1) is 5.29. The van der Waals surface area contributed by atoms with Gasteiger partial charge in [0.15, 0.2) is 0 Å². The Balaban J connectivity index is 2.31. The molecule has 0 heterocycles. The minimum atomic E-state index is -0.291. The number of aliphatic hydroxyl groups excluding tert-OH is 1. The van der Waals surface area contributed by atoms with E-state index in [1.165, 1.54) is 12.8 Å². The molecule has 1 nitrogen and oxygen atoms in total. The van der Waals surface area contributed by atoms with Gasteiger partial charge in [-0.25, -0.2) is 0 Å². The molecule has 0 aromatic rings. The highest BCUT2D eigenvalue weighted by atomic mass is 16.3. The first-order valence-corrected chi connectivity index (χ1v) is 4.30. The van der Waals surface area contributed by atoms with E-state index in [0.29, 0.717) is 5.92 Å². The van der Waals surface area contributed by atoms with E-state index in [9.17, 15) is 0 Å². The molecule has 0 spiro atoms. The molecule has 1 aliphatic carbocycles. The molecule has 2 atom stereocenters. The summed E-state index contributed by atoms with van der Waals surface area (Å²) in [6.45, 7) is 1.79. The highest BCUT2D eigenvalue weighted by Crippen LogP contribution is 2.19. The molecule has 0 bridgehead atoms. The fraction of sp³-hybridized carbons (Fsp3) is 0.600. The Hall–Kier alpha value is -0.560. The topological polar surface area (TPSA) is 20.2 Å². The monoisotopic (exact) mass is 152 g/mol. The maximum absolute atomic E-state index is 8.98. The minimum Gasteiger partial charge on any atom is -0.389 e. The second-order valence-electron chi connectivity index (χ2n) is 3.17. The Morgan fingerprint density at radius 1 is 1.55 bits per heavy atom. The van der Waals surface area contributed by atoms with E-state index in [1.807, 2.05) is 6.08 Å². The first-order valence-electron chi connectivity index (χ1n) is 4.30. The largest absolute Gasteiger partial charge is 0.389 e. The average Bonchev–Trinajstić information content (AvgIpc) is 2.03. The summed E-state index contributed by atoms with van der Waals surface area (Å²) in [7, 11) is 0. The Morgan fingerprint density at radius 3 is 2.91 bits per heavy atom. The average molecular weight is 152 g/mol. The molecular formula is C10H16O. The molecule has 2 unspecified atom stereocenters. The summed E-state index contributed by atoms with van der Waals surface area (Å²) in [5.41, 5.74) is 0. The van der Waals surface area contributed by atoms with E-state index in [4.69, 9.17) is 5.11 Å². The van der Waals surface area contributed by atoms with Crippen LogP contribution in [0.1, 0.15) is 26.2 Å². The van der Waals surface area contributed by atoms with Crippen molar-refractivity contribution in [2.45, 2.75) is 32.3 Å². The Labute approximate surface area is 68.4 Å². The maximum Gasteiger partial charge on any atom is 0.0692 e. The van der Waals surface area contributed by atoms with Crippen molar-refractivity contribution >= 4 is 0 Å². The lowest BCUT2D eigenvalue weighted by molar-refractivity contribution is 0.243. The van der Waals surface area contributed by atoms with Gasteiger partial charge in [-0.05, 0) is 32.1 Å². The molecule has 11 heavy (non-hydrogen) atoms. The highest BCUT2D eigenvalue weighted by Gasteiger charge is 2.04. The van der Waals surface area contributed by atoms with Crippen LogP contribution < -0.4 is 0 Å². The molecule has 0 saturated heterocycles. The zero-order valence-electron chi connectivity index (χ0n) is 7.03. The van der Waals surface area contributed by atoms with E-state index in [0.717, 1.165) is 6.42 Å². The van der Waals surface area contributed by atoms with Crippen LogP contribution in [0.25, 0.3) is 0 Å². The van der Waals surface area contributed by atoms with Crippen molar-refractivity contribution in [3.05, 3.63) is 24.3 Å². The van der Waals surface area contributed by atoms with Crippen LogP contribution in [-0.2, 0) is 0 Å². The summed E-state index contributed by atoms with van der Waals surface area (Å²) in [6.07, 6.45) is 11.7. The van der Waals surface area contributed by atoms with Crippen LogP contribution in [-0.4, -0.2) is 11.2 Å². The lowest BCUT2D eigenvalue weighted by Crippen LogP contribution is -2.00. The van der Waals surface area contributed by atoms with Crippen LogP contribution in [0.15, 0.2) is 24.3 Å². The smallest absolute Gasteiger partial charge is 0.0692 e. The normalized spacial score (nSPS) is 27.6. The molecule has 0 fully saturated rings. The molecule has 0 aromatic carbocycles. The Kier molecular flexibility index (Phi) is 3.37. The molecule has 0 aromatic heterocycles. The van der Waals surface area contributed by atoms with Gasteiger partial charge in [0.1, 0.15) is 0 Å². The molecular weight excluding hydrogens is 136 g/mol. The molecule has 1 rings (SSSR count). The summed E-state index contributed by atoms with van der Waals surface area (Å²) in [6, 6.07) is 0. The van der Waals surface area contributed by atoms with Crippen molar-refractivity contribution in [3.8, 4) is 0 Å². The van der Waals surface area contributed by atoms with E-state index in [1.54, 1.807) is 6.92 Å². The fourth-order valence-electron chi connectivity index (χ4n) is 1.31. The third kappa shape index (κ3) is 3.38. The van der Waals surface area contributed by atoms with Gasteiger partial charge in [-0.3, -0.25) is 0 Å². The van der Waals surface area contributed by atoms with Crippen molar-refractivity contribution in [2.75, 3.05) is 0 Å². The van der Waals surface area contributed by atoms with Gasteiger partial charge in [0.05, 0.1) is 6.10 Å². The molecule has 0 saturated carbocycles. The summed E-state index contributed by atoms with van der Waals surface area (Å²) in [5, 5.41) is 8.98. The number of hydrogen-bond acceptors (Lipinski definition) is 1. The molecule has 1 N–H and O–H groups in total. The van der Waals surface area contributed by atoms with Crippen LogP contribution in [0.5, 0.6) is 0 Å². The van der Waals surface area contributed by atoms with Gasteiger partial charge < -0.3 is 5.11 Å². The SMILES string of the molecule is CC(O)/C=C/C1CC=CCC1. The number of rotatable bonds is 2. The Bertz CT molecular complexity index is 156. The fourth-order valence-corrected chi connectivity index (χ4v) is 1.31. The molecule has 62 valence electrons. The van der Waals surface area contributed by atoms with E-state index in [-0.39, 0.29) is 6.10 Å². The van der Waals surface area contributed by atoms with Crippen LogP contribution in [0, 0.1) is 5.92 Å². The summed E-state index contributed by atoms with van der Waals surface area (Å²) >= 11 is 0. The lowest BCUT2D eigenvalue weighted by atomic mass is 9.94. The zero-order valence-corrected chi connectivity index (χ0v) is 7.03. The molecule has 1 heteroatoms. The van der Waals surface area contributed by atoms with Gasteiger partial charge in [0.2, 0.25) is 0 Å². The molecule has 0 amide bonds. The van der Waals surface area contributed by atoms with Crippen molar-refractivity contribution in [2.24, 2.45) is 5.92 Å². The Morgan fingerprint density at radius 2 is 2.36 bits per heavy atom. The number of allylic oxidation sites excluding steroid dienone is 3. The van der Waals surface area contributed by atoms with Crippen LogP contribution in [0.4, 0.5) is 0 Å². The summed E-state index contributed by atoms with van der Waals surface area (Å²) in [4.78, 5) is 0. The standard InChI is InChI=1S/C10H16O/c1-9(11)7-8-10-5-3-2-4-6-10/h2-3,7-11H,4-6H2,1H3/b8-7+. The van der Waals surface area contributed by atoms with Crippen LogP contribution >= 0.6 is 0 Å². The van der Waals surface area contributed by atoms with Crippen LogP contribution in [0.2, 0.25) is 0 Å². The predicted molar refractivity (Wildman–Crippen MR) is 47.3 cm³/mol. The van der Waals surface area contributed by atoms with Gasteiger partial charge in [-0.15, -0.1) is 0 Å². The van der Waals surface area contributed by atoms with Crippen molar-refractivity contribution in [1.82, 2.24) is 0 Å². The summed E-state index contributed by atoms with van der Waals surface area (Å²) < 4.78 is 0. The minimum absolute atomic E-state index is 0.291. The van der Waals surface area contributed by atoms with Crippen molar-refractivity contribution < 1.29 is 5.11 Å². The number of aliphatic hydroxyl groups is 1. The van der Waals surface area contributed by atoms with Crippen LogP contribution in [0.3, 0.4) is 0 Å². The van der Waals surface area contributed by atoms with Gasteiger partial charge in [0.25, 0.3) is 0 Å². The van der Waals surface area contributed by atoms with Gasteiger partial charge in [-0.1, -0.05) is 24.3 Å². The predicted octanol–water partition coefficient (Wildman–Crippen LogP) is 2.28. The maximum atomic E-state index is 8.98. The second-order valence-corrected chi connectivity index (χ2v) is 3.17. The second kappa shape index (κ2) is 4.35. The third-order valence-electron chi connectivity index (χ3n) is 1.97. The van der Waals surface area contributed by atoms with Gasteiger partial charge in [-0.2, -0.15) is 0 Å². The lowest BCUT2D eigenvalue weighted by Gasteiger charge is -2.12. The molecule has 0 aliphatic heterocycles. The first kappa shape index (κ1) is 8.54. The molecule has 0 radical (unpaired) electrons. The zero-order chi connectivity index (χ0) is 8.10. The number of hydrogen-bond donors (Lipinski definition) is 1. The van der Waals surface area contributed by atoms with Gasteiger partial charge in [0, 0.05) is 0 Å². The van der Waals surface area contributed by atoms with Gasteiger partial charge >= 0.3 is 0 Å².